The topological polar surface area (TPSA) is 58.6 Å². The fraction of sp³-hybridized carbons (Fsp3) is 0.136. The highest BCUT2D eigenvalue weighted by Crippen LogP contribution is 2.36. The molecular formula is C22H18BCl2N3O. The molecule has 0 spiro atoms. The zero-order valence-corrected chi connectivity index (χ0v) is 17.8. The Kier molecular flexibility index (Phi) is 5.20. The van der Waals surface area contributed by atoms with Crippen molar-refractivity contribution in [3.05, 3.63) is 74.8 Å². The zero-order chi connectivity index (χ0) is 20.7. The molecule has 0 fully saturated rings. The van der Waals surface area contributed by atoms with Gasteiger partial charge in [0.05, 0.1) is 11.1 Å². The molecule has 2 aromatic heterocycles. The third kappa shape index (κ3) is 3.80. The number of benzene rings is 2. The Morgan fingerprint density at radius 1 is 0.966 bits per heavy atom. The van der Waals surface area contributed by atoms with Crippen LogP contribution in [0.3, 0.4) is 0 Å². The van der Waals surface area contributed by atoms with Crippen molar-refractivity contribution in [1.29, 1.82) is 0 Å². The number of hydrogen-bond acceptors (Lipinski definition) is 3. The van der Waals surface area contributed by atoms with Gasteiger partial charge >= 0.3 is 0 Å². The van der Waals surface area contributed by atoms with Crippen LogP contribution < -0.4 is 11.0 Å². The van der Waals surface area contributed by atoms with Gasteiger partial charge in [0.25, 0.3) is 5.56 Å². The van der Waals surface area contributed by atoms with Crippen LogP contribution in [0, 0.1) is 0 Å². The maximum Gasteiger partial charge on any atom is 0.260 e. The van der Waals surface area contributed by atoms with Crippen molar-refractivity contribution in [3.63, 3.8) is 0 Å². The quantitative estimate of drug-likeness (QED) is 0.500. The van der Waals surface area contributed by atoms with Crippen LogP contribution in [-0.4, -0.2) is 22.8 Å². The summed E-state index contributed by atoms with van der Waals surface area (Å²) in [6.07, 6.45) is 0. The SMILES string of the molecule is Bc1ccc(-c2nc3nc(C(C)C)[nH]c(=O)c3cc2-c2ccc(Cl)cc2)c(Cl)c1. The van der Waals surface area contributed by atoms with Gasteiger partial charge in [-0.25, -0.2) is 9.97 Å². The number of H-pyrrole nitrogens is 1. The van der Waals surface area contributed by atoms with Gasteiger partial charge in [-0.15, -0.1) is 0 Å². The first-order valence-corrected chi connectivity index (χ1v) is 10.1. The molecule has 0 aliphatic rings. The normalized spacial score (nSPS) is 11.3. The molecule has 0 unspecified atom stereocenters. The summed E-state index contributed by atoms with van der Waals surface area (Å²) in [5.74, 6) is 0.687. The lowest BCUT2D eigenvalue weighted by Crippen LogP contribution is -2.14. The molecule has 0 atom stereocenters. The highest BCUT2D eigenvalue weighted by Gasteiger charge is 2.17. The Labute approximate surface area is 179 Å². The predicted octanol–water partition coefficient (Wildman–Crippen LogP) is 4.34. The van der Waals surface area contributed by atoms with Gasteiger partial charge in [0.15, 0.2) is 5.65 Å². The highest BCUT2D eigenvalue weighted by atomic mass is 35.5. The molecule has 0 bridgehead atoms. The Bertz CT molecular complexity index is 1280. The number of nitrogens with one attached hydrogen (secondary N) is 1. The lowest BCUT2D eigenvalue weighted by Gasteiger charge is -2.14. The van der Waals surface area contributed by atoms with Crippen LogP contribution in [0.15, 0.2) is 53.3 Å². The van der Waals surface area contributed by atoms with Gasteiger partial charge in [-0.1, -0.05) is 66.8 Å². The maximum atomic E-state index is 12.7. The Balaban J connectivity index is 2.08. The molecule has 4 aromatic rings. The molecule has 4 rings (SSSR count). The Morgan fingerprint density at radius 2 is 1.69 bits per heavy atom. The molecule has 0 saturated heterocycles. The van der Waals surface area contributed by atoms with E-state index in [2.05, 4.69) is 9.97 Å². The fourth-order valence-corrected chi connectivity index (χ4v) is 3.67. The van der Waals surface area contributed by atoms with E-state index in [9.17, 15) is 4.79 Å². The van der Waals surface area contributed by atoms with Crippen molar-refractivity contribution in [2.75, 3.05) is 0 Å². The van der Waals surface area contributed by atoms with E-state index < -0.39 is 0 Å². The standard InChI is InChI=1S/C22H18BCl2N3O/c1-11(2)20-27-21-17(22(29)28-20)10-16(12-3-6-14(24)7-4-12)19(26-21)15-8-5-13(23)9-18(15)25/h3-11H,23H2,1-2H3,(H,26,27,28,29). The third-order valence-corrected chi connectivity index (χ3v) is 5.36. The van der Waals surface area contributed by atoms with Crippen LogP contribution in [0.5, 0.6) is 0 Å². The first-order chi connectivity index (χ1) is 13.8. The second-order valence-electron chi connectivity index (χ2n) is 7.35. The minimum atomic E-state index is -0.206. The monoisotopic (exact) mass is 421 g/mol. The summed E-state index contributed by atoms with van der Waals surface area (Å²) < 4.78 is 0. The molecule has 7 heteroatoms. The fourth-order valence-electron chi connectivity index (χ4n) is 3.22. The van der Waals surface area contributed by atoms with Crippen molar-refractivity contribution in [1.82, 2.24) is 15.0 Å². The largest absolute Gasteiger partial charge is 0.310 e. The van der Waals surface area contributed by atoms with Crippen molar-refractivity contribution in [3.8, 4) is 22.4 Å². The maximum absolute atomic E-state index is 12.7. The van der Waals surface area contributed by atoms with E-state index in [0.717, 1.165) is 22.2 Å². The van der Waals surface area contributed by atoms with E-state index in [-0.39, 0.29) is 11.5 Å². The first-order valence-electron chi connectivity index (χ1n) is 9.31. The Hall–Kier alpha value is -2.63. The van der Waals surface area contributed by atoms with Crippen LogP contribution in [-0.2, 0) is 0 Å². The van der Waals surface area contributed by atoms with E-state index in [0.29, 0.717) is 32.6 Å². The lowest BCUT2D eigenvalue weighted by atomic mass is 9.92. The second-order valence-corrected chi connectivity index (χ2v) is 8.20. The molecule has 144 valence electrons. The average Bonchev–Trinajstić information content (AvgIpc) is 2.68. The van der Waals surface area contributed by atoms with Crippen LogP contribution >= 0.6 is 23.2 Å². The van der Waals surface area contributed by atoms with Gasteiger partial charge in [-0.05, 0) is 29.8 Å². The summed E-state index contributed by atoms with van der Waals surface area (Å²) >= 11 is 12.6. The lowest BCUT2D eigenvalue weighted by molar-refractivity contribution is 0.774. The van der Waals surface area contributed by atoms with E-state index in [1.165, 1.54) is 0 Å². The van der Waals surface area contributed by atoms with Crippen molar-refractivity contribution >= 4 is 47.5 Å². The van der Waals surface area contributed by atoms with Gasteiger partial charge in [-0.3, -0.25) is 4.79 Å². The molecule has 29 heavy (non-hydrogen) atoms. The Morgan fingerprint density at radius 3 is 2.34 bits per heavy atom. The molecule has 4 nitrogen and oxygen atoms in total. The van der Waals surface area contributed by atoms with E-state index >= 15 is 0 Å². The van der Waals surface area contributed by atoms with Gasteiger partial charge < -0.3 is 4.98 Å². The smallest absolute Gasteiger partial charge is 0.260 e. The van der Waals surface area contributed by atoms with Crippen molar-refractivity contribution < 1.29 is 0 Å². The first kappa shape index (κ1) is 19.7. The number of hydrogen-bond donors (Lipinski definition) is 1. The van der Waals surface area contributed by atoms with Gasteiger partial charge in [0, 0.05) is 27.1 Å². The summed E-state index contributed by atoms with van der Waals surface area (Å²) in [4.78, 5) is 25.0. The molecule has 2 heterocycles. The molecule has 0 saturated carbocycles. The molecule has 0 aliphatic heterocycles. The molecule has 0 radical (unpaired) electrons. The van der Waals surface area contributed by atoms with Gasteiger partial charge in [-0.2, -0.15) is 0 Å². The number of rotatable bonds is 3. The summed E-state index contributed by atoms with van der Waals surface area (Å²) in [6.45, 7) is 3.95. The molecular weight excluding hydrogens is 404 g/mol. The van der Waals surface area contributed by atoms with E-state index in [1.807, 2.05) is 70.2 Å². The minimum Gasteiger partial charge on any atom is -0.310 e. The molecule has 2 aromatic carbocycles. The number of nitrogens with zero attached hydrogens (tertiary/aromatic N) is 2. The number of aromatic nitrogens is 3. The summed E-state index contributed by atoms with van der Waals surface area (Å²) in [5.41, 5.74) is 4.41. The zero-order valence-electron chi connectivity index (χ0n) is 16.3. The number of pyridine rings is 1. The number of halogens is 2. The van der Waals surface area contributed by atoms with Crippen LogP contribution in [0.1, 0.15) is 25.6 Å². The van der Waals surface area contributed by atoms with Gasteiger partial charge in [0.1, 0.15) is 13.7 Å². The average molecular weight is 422 g/mol. The summed E-state index contributed by atoms with van der Waals surface area (Å²) in [7, 11) is 1.99. The number of fused-ring (bicyclic) bond motifs is 1. The van der Waals surface area contributed by atoms with Gasteiger partial charge in [0.2, 0.25) is 0 Å². The summed E-state index contributed by atoms with van der Waals surface area (Å²) in [5, 5.41) is 1.67. The van der Waals surface area contributed by atoms with Crippen molar-refractivity contribution in [2.24, 2.45) is 0 Å². The minimum absolute atomic E-state index is 0.0799. The summed E-state index contributed by atoms with van der Waals surface area (Å²) in [6, 6.07) is 15.1. The molecule has 0 aliphatic carbocycles. The van der Waals surface area contributed by atoms with Crippen LogP contribution in [0.25, 0.3) is 33.4 Å². The van der Waals surface area contributed by atoms with Crippen molar-refractivity contribution in [2.45, 2.75) is 19.8 Å². The van der Waals surface area contributed by atoms with E-state index in [4.69, 9.17) is 28.2 Å². The highest BCUT2D eigenvalue weighted by molar-refractivity contribution is 6.38. The molecule has 1 N–H and O–H groups in total. The second kappa shape index (κ2) is 7.66. The van der Waals surface area contributed by atoms with Crippen LogP contribution in [0.2, 0.25) is 10.0 Å². The van der Waals surface area contributed by atoms with E-state index in [1.54, 1.807) is 0 Å². The van der Waals surface area contributed by atoms with Crippen LogP contribution in [0.4, 0.5) is 0 Å². The third-order valence-electron chi connectivity index (χ3n) is 4.80. The predicted molar refractivity (Wildman–Crippen MR) is 123 cm³/mol. The molecule has 0 amide bonds. The number of aromatic amines is 1.